The first-order valence-corrected chi connectivity index (χ1v) is 8.94. The summed E-state index contributed by atoms with van der Waals surface area (Å²) in [5, 5.41) is 16.1. The van der Waals surface area contributed by atoms with Crippen LogP contribution in [0.5, 0.6) is 0 Å². The SMILES string of the molecule is CC1=CC[C@](C(=O)[O-])(C(=O)N/N=C\c2ccccc2)[C@H](c2ccc(F)cc2)C1. The zero-order chi connectivity index (χ0) is 20.1. The predicted molar refractivity (Wildman–Crippen MR) is 102 cm³/mol. The number of benzene rings is 2. The van der Waals surface area contributed by atoms with E-state index < -0.39 is 29.0 Å². The Kier molecular flexibility index (Phi) is 5.68. The van der Waals surface area contributed by atoms with Gasteiger partial charge in [-0.15, -0.1) is 0 Å². The van der Waals surface area contributed by atoms with E-state index in [2.05, 4.69) is 10.5 Å². The first-order chi connectivity index (χ1) is 13.4. The summed E-state index contributed by atoms with van der Waals surface area (Å²) in [5.74, 6) is -3.34. The highest BCUT2D eigenvalue weighted by Gasteiger charge is 2.48. The van der Waals surface area contributed by atoms with Crippen molar-refractivity contribution in [3.63, 3.8) is 0 Å². The van der Waals surface area contributed by atoms with Crippen LogP contribution in [0, 0.1) is 11.2 Å². The minimum absolute atomic E-state index is 0.0180. The van der Waals surface area contributed by atoms with E-state index in [0.717, 1.165) is 11.1 Å². The van der Waals surface area contributed by atoms with E-state index >= 15 is 0 Å². The van der Waals surface area contributed by atoms with Crippen molar-refractivity contribution in [3.8, 4) is 0 Å². The average molecular weight is 379 g/mol. The van der Waals surface area contributed by atoms with Crippen LogP contribution in [0.3, 0.4) is 0 Å². The molecule has 1 aliphatic carbocycles. The summed E-state index contributed by atoms with van der Waals surface area (Å²) in [4.78, 5) is 25.1. The molecule has 3 rings (SSSR count). The third-order valence-corrected chi connectivity index (χ3v) is 5.11. The van der Waals surface area contributed by atoms with E-state index in [0.29, 0.717) is 12.0 Å². The number of amides is 1. The lowest BCUT2D eigenvalue weighted by molar-refractivity contribution is -0.318. The molecule has 2 atom stereocenters. The molecule has 0 saturated carbocycles. The molecule has 2 aromatic rings. The zero-order valence-electron chi connectivity index (χ0n) is 15.4. The molecule has 0 spiro atoms. The normalized spacial score (nSPS) is 21.9. The number of carbonyl (C=O) groups excluding carboxylic acids is 2. The van der Waals surface area contributed by atoms with Crippen molar-refractivity contribution in [1.29, 1.82) is 0 Å². The second-order valence-electron chi connectivity index (χ2n) is 6.93. The number of halogens is 1. The Labute approximate surface area is 162 Å². The first-order valence-electron chi connectivity index (χ1n) is 8.94. The molecule has 6 heteroatoms. The number of hydrogen-bond donors (Lipinski definition) is 1. The van der Waals surface area contributed by atoms with Gasteiger partial charge in [0.1, 0.15) is 11.2 Å². The third kappa shape index (κ3) is 3.86. The van der Waals surface area contributed by atoms with Crippen LogP contribution in [0.25, 0.3) is 0 Å². The van der Waals surface area contributed by atoms with Crippen LogP contribution >= 0.6 is 0 Å². The Morgan fingerprint density at radius 3 is 2.50 bits per heavy atom. The van der Waals surface area contributed by atoms with Crippen molar-refractivity contribution in [2.24, 2.45) is 10.5 Å². The fourth-order valence-corrected chi connectivity index (χ4v) is 3.53. The Hall–Kier alpha value is -3.28. The van der Waals surface area contributed by atoms with E-state index in [1.807, 2.05) is 25.1 Å². The summed E-state index contributed by atoms with van der Waals surface area (Å²) in [5.41, 5.74) is 2.83. The molecule has 1 aliphatic rings. The molecule has 0 saturated heterocycles. The summed E-state index contributed by atoms with van der Waals surface area (Å²) in [6.45, 7) is 1.88. The summed E-state index contributed by atoms with van der Waals surface area (Å²) >= 11 is 0. The van der Waals surface area contributed by atoms with Crippen molar-refractivity contribution in [2.45, 2.75) is 25.7 Å². The topological polar surface area (TPSA) is 81.6 Å². The van der Waals surface area contributed by atoms with Gasteiger partial charge in [0.05, 0.1) is 12.2 Å². The number of carboxylic acids is 1. The Balaban J connectivity index is 1.93. The fourth-order valence-electron chi connectivity index (χ4n) is 3.53. The number of hydrazone groups is 1. The van der Waals surface area contributed by atoms with Crippen molar-refractivity contribution < 1.29 is 19.1 Å². The van der Waals surface area contributed by atoms with Gasteiger partial charge in [0.25, 0.3) is 5.91 Å². The second kappa shape index (κ2) is 8.17. The number of aliphatic carboxylic acids is 1. The molecule has 0 radical (unpaired) electrons. The van der Waals surface area contributed by atoms with E-state index in [1.54, 1.807) is 18.2 Å². The molecule has 1 N–H and O–H groups in total. The molecule has 0 aliphatic heterocycles. The quantitative estimate of drug-likeness (QED) is 0.375. The number of allylic oxidation sites excluding steroid dienone is 2. The monoisotopic (exact) mass is 379 g/mol. The van der Waals surface area contributed by atoms with Gasteiger partial charge in [-0.2, -0.15) is 5.10 Å². The molecule has 0 bridgehead atoms. The van der Waals surface area contributed by atoms with Crippen molar-refractivity contribution in [1.82, 2.24) is 5.43 Å². The smallest absolute Gasteiger partial charge is 0.252 e. The van der Waals surface area contributed by atoms with Gasteiger partial charge >= 0.3 is 0 Å². The van der Waals surface area contributed by atoms with E-state index in [4.69, 9.17) is 0 Å². The van der Waals surface area contributed by atoms with Gasteiger partial charge in [0, 0.05) is 5.92 Å². The lowest BCUT2D eigenvalue weighted by atomic mass is 9.64. The van der Waals surface area contributed by atoms with Crippen LogP contribution in [0.2, 0.25) is 0 Å². The van der Waals surface area contributed by atoms with Crippen LogP contribution in [0.15, 0.2) is 71.3 Å². The predicted octanol–water partition coefficient (Wildman–Crippen LogP) is 2.54. The molecule has 0 fully saturated rings. The fraction of sp³-hybridized carbons (Fsp3) is 0.227. The van der Waals surface area contributed by atoms with Crippen molar-refractivity contribution in [3.05, 3.63) is 83.2 Å². The molecule has 5 nitrogen and oxygen atoms in total. The largest absolute Gasteiger partial charge is 0.549 e. The molecule has 0 heterocycles. The molecular formula is C22H20FN2O3-. The van der Waals surface area contributed by atoms with Gasteiger partial charge < -0.3 is 9.90 Å². The molecule has 1 amide bonds. The third-order valence-electron chi connectivity index (χ3n) is 5.11. The first kappa shape index (κ1) is 19.5. The standard InChI is InChI=1S/C22H21FN2O3/c1-15-11-12-22(21(27)28,19(13-15)17-7-9-18(23)10-8-17)20(26)25-24-14-16-5-3-2-4-6-16/h2-11,14,19H,12-13H2,1H3,(H,25,26)(H,27,28)/p-1/b24-14-/t19-,22+/m0/s1. The molecule has 0 unspecified atom stereocenters. The van der Waals surface area contributed by atoms with Gasteiger partial charge in [0.15, 0.2) is 0 Å². The lowest BCUT2D eigenvalue weighted by Crippen LogP contribution is -2.55. The van der Waals surface area contributed by atoms with Gasteiger partial charge in [-0.05, 0) is 43.0 Å². The Bertz CT molecular complexity index is 923. The Morgan fingerprint density at radius 1 is 1.18 bits per heavy atom. The maximum absolute atomic E-state index is 13.3. The summed E-state index contributed by atoms with van der Waals surface area (Å²) in [6, 6.07) is 14.6. The number of nitrogens with one attached hydrogen (secondary N) is 1. The number of rotatable bonds is 5. The van der Waals surface area contributed by atoms with Crippen LogP contribution in [0.1, 0.15) is 36.8 Å². The van der Waals surface area contributed by atoms with Crippen molar-refractivity contribution >= 4 is 18.1 Å². The lowest BCUT2D eigenvalue weighted by Gasteiger charge is -2.42. The van der Waals surface area contributed by atoms with Crippen LogP contribution in [-0.2, 0) is 9.59 Å². The molecule has 144 valence electrons. The van der Waals surface area contributed by atoms with Crippen LogP contribution in [0.4, 0.5) is 4.39 Å². The zero-order valence-corrected chi connectivity index (χ0v) is 15.4. The number of carboxylic acid groups (broad SMARTS) is 1. The van der Waals surface area contributed by atoms with Gasteiger partial charge in [-0.25, -0.2) is 9.82 Å². The van der Waals surface area contributed by atoms with E-state index in [9.17, 15) is 19.1 Å². The highest BCUT2D eigenvalue weighted by molar-refractivity contribution is 6.03. The van der Waals surface area contributed by atoms with Gasteiger partial charge in [0.2, 0.25) is 0 Å². The van der Waals surface area contributed by atoms with E-state index in [-0.39, 0.29) is 6.42 Å². The van der Waals surface area contributed by atoms with Crippen molar-refractivity contribution in [2.75, 3.05) is 0 Å². The minimum atomic E-state index is -1.83. The molecule has 0 aromatic heterocycles. The van der Waals surface area contributed by atoms with Crippen LogP contribution < -0.4 is 10.5 Å². The van der Waals surface area contributed by atoms with Crippen LogP contribution in [-0.4, -0.2) is 18.1 Å². The molecule has 2 aromatic carbocycles. The van der Waals surface area contributed by atoms with Gasteiger partial charge in [-0.3, -0.25) is 4.79 Å². The highest BCUT2D eigenvalue weighted by atomic mass is 19.1. The number of nitrogens with zero attached hydrogens (tertiary/aromatic N) is 1. The minimum Gasteiger partial charge on any atom is -0.549 e. The summed E-state index contributed by atoms with van der Waals surface area (Å²) in [6.07, 6.45) is 3.51. The summed E-state index contributed by atoms with van der Waals surface area (Å²) < 4.78 is 13.3. The molecular weight excluding hydrogens is 359 g/mol. The average Bonchev–Trinajstić information content (AvgIpc) is 2.69. The maximum Gasteiger partial charge on any atom is 0.252 e. The maximum atomic E-state index is 13.3. The second-order valence-corrected chi connectivity index (χ2v) is 6.93. The van der Waals surface area contributed by atoms with Gasteiger partial charge in [-0.1, -0.05) is 54.1 Å². The molecule has 28 heavy (non-hydrogen) atoms. The number of carbonyl (C=O) groups is 2. The number of hydrogen-bond acceptors (Lipinski definition) is 4. The highest BCUT2D eigenvalue weighted by Crippen LogP contribution is 2.47. The van der Waals surface area contributed by atoms with E-state index in [1.165, 1.54) is 30.5 Å². The Morgan fingerprint density at radius 2 is 1.86 bits per heavy atom. The summed E-state index contributed by atoms with van der Waals surface area (Å²) in [7, 11) is 0.